The summed E-state index contributed by atoms with van der Waals surface area (Å²) in [7, 11) is 4.30. The lowest BCUT2D eigenvalue weighted by atomic mass is 9.99. The summed E-state index contributed by atoms with van der Waals surface area (Å²) in [5, 5.41) is 2.41. The molecule has 0 aromatic carbocycles. The van der Waals surface area contributed by atoms with Gasteiger partial charge in [-0.3, -0.25) is 0 Å². The van der Waals surface area contributed by atoms with E-state index in [2.05, 4.69) is 55.2 Å². The summed E-state index contributed by atoms with van der Waals surface area (Å²) in [4.78, 5) is 6.24. The van der Waals surface area contributed by atoms with Crippen LogP contribution >= 0.6 is 12.2 Å². The van der Waals surface area contributed by atoms with Gasteiger partial charge in [0.2, 0.25) is 0 Å². The van der Waals surface area contributed by atoms with Gasteiger partial charge in [0.25, 0.3) is 0 Å². The molecule has 3 heteroatoms. The molecule has 0 aromatic rings. The van der Waals surface area contributed by atoms with Crippen LogP contribution in [-0.2, 0) is 0 Å². The molecule has 82 valence electrons. The van der Waals surface area contributed by atoms with Gasteiger partial charge in [-0.25, -0.2) is 4.99 Å². The largest absolute Gasteiger partial charge is 0.306 e. The third-order valence-electron chi connectivity index (χ3n) is 2.35. The van der Waals surface area contributed by atoms with E-state index in [1.165, 1.54) is 12.8 Å². The molecule has 0 aliphatic carbocycles. The Labute approximate surface area is 93.4 Å². The molecule has 0 aliphatic rings. The minimum atomic E-state index is 0.676. The molecule has 0 rings (SSSR count). The maximum atomic E-state index is 4.53. The normalized spacial score (nSPS) is 13.0. The Morgan fingerprint density at radius 1 is 1.36 bits per heavy atom. The van der Waals surface area contributed by atoms with Crippen LogP contribution in [0.4, 0.5) is 0 Å². The minimum Gasteiger partial charge on any atom is -0.306 e. The summed E-state index contributed by atoms with van der Waals surface area (Å²) in [6, 6.07) is 0.676. The monoisotopic (exact) mass is 214 g/mol. The quantitative estimate of drug-likeness (QED) is 0.368. The number of hydrogen-bond acceptors (Lipinski definition) is 3. The molecule has 0 fully saturated rings. The fourth-order valence-corrected chi connectivity index (χ4v) is 1.67. The second-order valence-corrected chi connectivity index (χ2v) is 4.54. The van der Waals surface area contributed by atoms with Crippen LogP contribution in [0.2, 0.25) is 0 Å². The first-order valence-electron chi connectivity index (χ1n) is 5.28. The summed E-state index contributed by atoms with van der Waals surface area (Å²) in [6.45, 7) is 5.36. The van der Waals surface area contributed by atoms with Crippen LogP contribution in [0.25, 0.3) is 0 Å². The Morgan fingerprint density at radius 2 is 2.00 bits per heavy atom. The number of aliphatic imine (C=N–C) groups is 1. The van der Waals surface area contributed by atoms with Crippen LogP contribution in [0.15, 0.2) is 4.99 Å². The van der Waals surface area contributed by atoms with E-state index in [0.29, 0.717) is 6.04 Å². The van der Waals surface area contributed by atoms with Gasteiger partial charge in [-0.05, 0) is 51.5 Å². The second kappa shape index (κ2) is 8.10. The van der Waals surface area contributed by atoms with E-state index in [4.69, 9.17) is 0 Å². The highest BCUT2D eigenvalue weighted by atomic mass is 32.1. The molecule has 0 N–H and O–H groups in total. The number of hydrogen-bond donors (Lipinski definition) is 0. The highest BCUT2D eigenvalue weighted by Gasteiger charge is 2.12. The van der Waals surface area contributed by atoms with Crippen molar-refractivity contribution in [1.29, 1.82) is 0 Å². The standard InChI is InChI=1S/C11H22N2S/c1-10(2)8-11(13(3)4)6-5-7-12-9-14/h10-11H,5-8H2,1-4H3. The lowest BCUT2D eigenvalue weighted by Gasteiger charge is -2.25. The van der Waals surface area contributed by atoms with Gasteiger partial charge in [0.15, 0.2) is 0 Å². The molecule has 0 radical (unpaired) electrons. The summed E-state index contributed by atoms with van der Waals surface area (Å²) >= 11 is 4.53. The Morgan fingerprint density at radius 3 is 2.43 bits per heavy atom. The predicted molar refractivity (Wildman–Crippen MR) is 66.1 cm³/mol. The van der Waals surface area contributed by atoms with E-state index in [-0.39, 0.29) is 0 Å². The molecule has 0 amide bonds. The fraction of sp³-hybridized carbons (Fsp3) is 0.909. The average Bonchev–Trinajstić information content (AvgIpc) is 2.09. The molecule has 0 saturated heterocycles. The lowest BCUT2D eigenvalue weighted by Crippen LogP contribution is -2.29. The molecule has 14 heavy (non-hydrogen) atoms. The van der Waals surface area contributed by atoms with Crippen molar-refractivity contribution in [3.63, 3.8) is 0 Å². The number of nitrogens with zero attached hydrogens (tertiary/aromatic N) is 2. The van der Waals surface area contributed by atoms with E-state index in [1.807, 2.05) is 0 Å². The smallest absolute Gasteiger partial charge is 0.0584 e. The first-order valence-corrected chi connectivity index (χ1v) is 5.68. The second-order valence-electron chi connectivity index (χ2n) is 4.36. The zero-order valence-electron chi connectivity index (χ0n) is 9.79. The van der Waals surface area contributed by atoms with Crippen molar-refractivity contribution in [2.45, 2.75) is 39.2 Å². The van der Waals surface area contributed by atoms with E-state index >= 15 is 0 Å². The molecule has 2 nitrogen and oxygen atoms in total. The summed E-state index contributed by atoms with van der Waals surface area (Å²) in [5.41, 5.74) is 0. The number of isothiocyanates is 1. The third-order valence-corrected chi connectivity index (χ3v) is 2.47. The highest BCUT2D eigenvalue weighted by molar-refractivity contribution is 7.78. The zero-order valence-corrected chi connectivity index (χ0v) is 10.6. The average molecular weight is 214 g/mol. The summed E-state index contributed by atoms with van der Waals surface area (Å²) in [5.74, 6) is 0.761. The highest BCUT2D eigenvalue weighted by Crippen LogP contribution is 2.13. The maximum Gasteiger partial charge on any atom is 0.0584 e. The minimum absolute atomic E-state index is 0.676. The van der Waals surface area contributed by atoms with Crippen molar-refractivity contribution in [2.75, 3.05) is 20.6 Å². The Kier molecular flexibility index (Phi) is 7.96. The van der Waals surface area contributed by atoms with E-state index < -0.39 is 0 Å². The lowest BCUT2D eigenvalue weighted by molar-refractivity contribution is 0.239. The number of rotatable bonds is 7. The Bertz CT molecular complexity index is 184. The van der Waals surface area contributed by atoms with Crippen molar-refractivity contribution in [1.82, 2.24) is 4.90 Å². The van der Waals surface area contributed by atoms with Gasteiger partial charge >= 0.3 is 0 Å². The maximum absolute atomic E-state index is 4.53. The van der Waals surface area contributed by atoms with Crippen LogP contribution in [-0.4, -0.2) is 36.7 Å². The van der Waals surface area contributed by atoms with Crippen LogP contribution < -0.4 is 0 Å². The van der Waals surface area contributed by atoms with Crippen LogP contribution in [0.3, 0.4) is 0 Å². The van der Waals surface area contributed by atoms with Crippen molar-refractivity contribution in [3.8, 4) is 0 Å². The van der Waals surface area contributed by atoms with E-state index in [1.54, 1.807) is 0 Å². The molecule has 0 saturated carbocycles. The Balaban J connectivity index is 3.79. The van der Waals surface area contributed by atoms with Crippen LogP contribution in [0.1, 0.15) is 33.1 Å². The first-order chi connectivity index (χ1) is 6.57. The molecule has 0 heterocycles. The fourth-order valence-electron chi connectivity index (χ4n) is 1.58. The molecular formula is C11H22N2S. The van der Waals surface area contributed by atoms with E-state index in [0.717, 1.165) is 18.9 Å². The van der Waals surface area contributed by atoms with E-state index in [9.17, 15) is 0 Å². The van der Waals surface area contributed by atoms with Gasteiger partial charge in [0.05, 0.1) is 5.16 Å². The first kappa shape index (κ1) is 13.8. The van der Waals surface area contributed by atoms with Gasteiger partial charge in [-0.2, -0.15) is 0 Å². The van der Waals surface area contributed by atoms with Gasteiger partial charge in [0, 0.05) is 12.6 Å². The third kappa shape index (κ3) is 7.19. The summed E-state index contributed by atoms with van der Waals surface area (Å²) < 4.78 is 0. The Hall–Kier alpha value is -0.240. The predicted octanol–water partition coefficient (Wildman–Crippen LogP) is 2.85. The SMILES string of the molecule is CC(C)CC(CCCN=C=S)N(C)C. The van der Waals surface area contributed by atoms with Crippen molar-refractivity contribution >= 4 is 17.4 Å². The summed E-state index contributed by atoms with van der Waals surface area (Å²) in [6.07, 6.45) is 3.57. The van der Waals surface area contributed by atoms with Gasteiger partial charge in [-0.1, -0.05) is 13.8 Å². The molecule has 1 unspecified atom stereocenters. The molecule has 1 atom stereocenters. The zero-order chi connectivity index (χ0) is 11.0. The van der Waals surface area contributed by atoms with Gasteiger partial charge in [-0.15, -0.1) is 0 Å². The van der Waals surface area contributed by atoms with Crippen molar-refractivity contribution in [2.24, 2.45) is 10.9 Å². The topological polar surface area (TPSA) is 15.6 Å². The van der Waals surface area contributed by atoms with Gasteiger partial charge in [0.1, 0.15) is 0 Å². The number of thiocarbonyl (C=S) groups is 1. The molecule has 0 bridgehead atoms. The van der Waals surface area contributed by atoms with Crippen molar-refractivity contribution < 1.29 is 0 Å². The molecule has 0 aromatic heterocycles. The molecular weight excluding hydrogens is 192 g/mol. The van der Waals surface area contributed by atoms with Crippen molar-refractivity contribution in [3.05, 3.63) is 0 Å². The molecule has 0 spiro atoms. The molecule has 0 aliphatic heterocycles. The van der Waals surface area contributed by atoms with Crippen LogP contribution in [0.5, 0.6) is 0 Å². The van der Waals surface area contributed by atoms with Gasteiger partial charge < -0.3 is 4.90 Å². The van der Waals surface area contributed by atoms with Crippen LogP contribution in [0, 0.1) is 5.92 Å².